The Morgan fingerprint density at radius 2 is 1.55 bits per heavy atom. The van der Waals surface area contributed by atoms with E-state index in [4.69, 9.17) is 19.2 Å². The minimum absolute atomic E-state index is 0.570. The second kappa shape index (κ2) is 7.87. The number of benzene rings is 3. The van der Waals surface area contributed by atoms with Gasteiger partial charge in [0.2, 0.25) is 5.75 Å². The largest absolute Gasteiger partial charge is 0.493 e. The maximum absolute atomic E-state index is 5.55. The molecule has 4 aromatic rings. The molecule has 1 heterocycles. The highest BCUT2D eigenvalue weighted by atomic mass is 16.5. The number of methoxy groups -OCH3 is 3. The standard InChI is InChI=1S/C24H24N2O3/c1-16-8-7-9-17(12-16)15-26-20-11-6-5-10-19(20)25-24(26)18-13-21(27-2)23(29-4)22(14-18)28-3/h5-14H,15H2,1-4H3. The van der Waals surface area contributed by atoms with Crippen LogP contribution < -0.4 is 14.2 Å². The number of hydrogen-bond donors (Lipinski definition) is 0. The van der Waals surface area contributed by atoms with Gasteiger partial charge >= 0.3 is 0 Å². The number of fused-ring (bicyclic) bond motifs is 1. The summed E-state index contributed by atoms with van der Waals surface area (Å²) in [5.41, 5.74) is 5.40. The molecule has 0 aliphatic rings. The van der Waals surface area contributed by atoms with Gasteiger partial charge in [0, 0.05) is 12.1 Å². The fourth-order valence-electron chi connectivity index (χ4n) is 3.66. The van der Waals surface area contributed by atoms with E-state index >= 15 is 0 Å². The van der Waals surface area contributed by atoms with Crippen molar-refractivity contribution >= 4 is 11.0 Å². The summed E-state index contributed by atoms with van der Waals surface area (Å²) in [6.07, 6.45) is 0. The zero-order valence-corrected chi connectivity index (χ0v) is 17.1. The van der Waals surface area contributed by atoms with Gasteiger partial charge in [0.05, 0.1) is 32.4 Å². The zero-order chi connectivity index (χ0) is 20.4. The van der Waals surface area contributed by atoms with E-state index in [-0.39, 0.29) is 0 Å². The first kappa shape index (κ1) is 18.9. The first-order valence-corrected chi connectivity index (χ1v) is 9.45. The lowest BCUT2D eigenvalue weighted by atomic mass is 10.1. The Bertz CT molecular complexity index is 1140. The maximum Gasteiger partial charge on any atom is 0.203 e. The van der Waals surface area contributed by atoms with Crippen LogP contribution in [0.2, 0.25) is 0 Å². The van der Waals surface area contributed by atoms with Crippen molar-refractivity contribution in [3.05, 3.63) is 71.8 Å². The summed E-state index contributed by atoms with van der Waals surface area (Å²) in [6, 6.07) is 20.6. The first-order valence-electron chi connectivity index (χ1n) is 9.45. The topological polar surface area (TPSA) is 45.5 Å². The first-order chi connectivity index (χ1) is 14.1. The van der Waals surface area contributed by atoms with Crippen molar-refractivity contribution in [2.24, 2.45) is 0 Å². The highest BCUT2D eigenvalue weighted by Gasteiger charge is 2.19. The Hall–Kier alpha value is -3.47. The molecule has 0 spiro atoms. The summed E-state index contributed by atoms with van der Waals surface area (Å²) < 4.78 is 18.8. The molecule has 5 nitrogen and oxygen atoms in total. The molecule has 0 saturated heterocycles. The number of hydrogen-bond acceptors (Lipinski definition) is 4. The van der Waals surface area contributed by atoms with Crippen LogP contribution in [0.1, 0.15) is 11.1 Å². The Morgan fingerprint density at radius 3 is 2.21 bits per heavy atom. The number of aryl methyl sites for hydroxylation is 1. The van der Waals surface area contributed by atoms with Crippen molar-refractivity contribution in [3.8, 4) is 28.6 Å². The number of ether oxygens (including phenoxy) is 3. The van der Waals surface area contributed by atoms with Crippen molar-refractivity contribution in [2.45, 2.75) is 13.5 Å². The van der Waals surface area contributed by atoms with E-state index < -0.39 is 0 Å². The van der Waals surface area contributed by atoms with Crippen LogP contribution in [0.3, 0.4) is 0 Å². The number of aromatic nitrogens is 2. The van der Waals surface area contributed by atoms with Crippen molar-refractivity contribution < 1.29 is 14.2 Å². The van der Waals surface area contributed by atoms with Crippen LogP contribution in [0.15, 0.2) is 60.7 Å². The molecule has 29 heavy (non-hydrogen) atoms. The monoisotopic (exact) mass is 388 g/mol. The highest BCUT2D eigenvalue weighted by Crippen LogP contribution is 2.41. The van der Waals surface area contributed by atoms with E-state index in [1.54, 1.807) is 21.3 Å². The van der Waals surface area contributed by atoms with Gasteiger partial charge in [0.15, 0.2) is 11.5 Å². The van der Waals surface area contributed by atoms with Crippen molar-refractivity contribution in [2.75, 3.05) is 21.3 Å². The Labute approximate surface area is 170 Å². The molecule has 148 valence electrons. The summed E-state index contributed by atoms with van der Waals surface area (Å²) in [5, 5.41) is 0. The molecule has 3 aromatic carbocycles. The second-order valence-electron chi connectivity index (χ2n) is 6.91. The summed E-state index contributed by atoms with van der Waals surface area (Å²) in [4.78, 5) is 4.92. The van der Waals surface area contributed by atoms with Crippen LogP contribution in [-0.4, -0.2) is 30.9 Å². The molecular weight excluding hydrogens is 364 g/mol. The third-order valence-corrected chi connectivity index (χ3v) is 5.00. The predicted molar refractivity (Wildman–Crippen MR) is 115 cm³/mol. The SMILES string of the molecule is COc1cc(-c2nc3ccccc3n2Cc2cccc(C)c2)cc(OC)c1OC. The number of rotatable bonds is 6. The summed E-state index contributed by atoms with van der Waals surface area (Å²) >= 11 is 0. The fraction of sp³-hybridized carbons (Fsp3) is 0.208. The van der Waals surface area contributed by atoms with E-state index in [1.165, 1.54) is 11.1 Å². The van der Waals surface area contributed by atoms with E-state index in [2.05, 4.69) is 41.8 Å². The van der Waals surface area contributed by atoms with Gasteiger partial charge in [-0.1, -0.05) is 42.0 Å². The van der Waals surface area contributed by atoms with Gasteiger partial charge in [0.25, 0.3) is 0 Å². The van der Waals surface area contributed by atoms with E-state index in [1.807, 2.05) is 30.3 Å². The van der Waals surface area contributed by atoms with Gasteiger partial charge in [-0.15, -0.1) is 0 Å². The molecule has 0 fully saturated rings. The number of imidazole rings is 1. The lowest BCUT2D eigenvalue weighted by molar-refractivity contribution is 0.324. The van der Waals surface area contributed by atoms with Crippen LogP contribution in [0.4, 0.5) is 0 Å². The van der Waals surface area contributed by atoms with Crippen molar-refractivity contribution in [1.29, 1.82) is 0 Å². The molecule has 5 heteroatoms. The minimum Gasteiger partial charge on any atom is -0.493 e. The smallest absolute Gasteiger partial charge is 0.203 e. The Balaban J connectivity index is 1.92. The molecule has 0 amide bonds. The van der Waals surface area contributed by atoms with E-state index in [0.29, 0.717) is 23.8 Å². The lowest BCUT2D eigenvalue weighted by Gasteiger charge is -2.15. The summed E-state index contributed by atoms with van der Waals surface area (Å²) in [5.74, 6) is 2.64. The van der Waals surface area contributed by atoms with E-state index in [0.717, 1.165) is 22.4 Å². The van der Waals surface area contributed by atoms with Gasteiger partial charge in [0.1, 0.15) is 5.82 Å². The molecule has 0 unspecified atom stereocenters. The van der Waals surface area contributed by atoms with Gasteiger partial charge in [-0.25, -0.2) is 4.98 Å². The molecule has 0 atom stereocenters. The molecule has 1 aromatic heterocycles. The minimum atomic E-state index is 0.570. The molecular formula is C24H24N2O3. The quantitative estimate of drug-likeness (QED) is 0.462. The van der Waals surface area contributed by atoms with Crippen LogP contribution >= 0.6 is 0 Å². The van der Waals surface area contributed by atoms with Crippen LogP contribution in [0, 0.1) is 6.92 Å². The summed E-state index contributed by atoms with van der Waals surface area (Å²) in [7, 11) is 4.85. The fourth-order valence-corrected chi connectivity index (χ4v) is 3.66. The average molecular weight is 388 g/mol. The molecule has 0 aliphatic heterocycles. The number of nitrogens with zero attached hydrogens (tertiary/aromatic N) is 2. The van der Waals surface area contributed by atoms with Crippen molar-refractivity contribution in [1.82, 2.24) is 9.55 Å². The van der Waals surface area contributed by atoms with Crippen LogP contribution in [-0.2, 0) is 6.54 Å². The summed E-state index contributed by atoms with van der Waals surface area (Å²) in [6.45, 7) is 2.82. The molecule has 0 saturated carbocycles. The lowest BCUT2D eigenvalue weighted by Crippen LogP contribution is -2.03. The maximum atomic E-state index is 5.55. The molecule has 0 aliphatic carbocycles. The molecule has 0 N–H and O–H groups in total. The molecule has 0 bridgehead atoms. The highest BCUT2D eigenvalue weighted by molar-refractivity contribution is 5.81. The zero-order valence-electron chi connectivity index (χ0n) is 17.1. The van der Waals surface area contributed by atoms with Gasteiger partial charge in [-0.3, -0.25) is 0 Å². The van der Waals surface area contributed by atoms with Gasteiger partial charge in [-0.05, 0) is 36.8 Å². The van der Waals surface area contributed by atoms with E-state index in [9.17, 15) is 0 Å². The predicted octanol–water partition coefficient (Wildman–Crippen LogP) is 5.09. The van der Waals surface area contributed by atoms with Crippen LogP contribution in [0.25, 0.3) is 22.4 Å². The number of para-hydroxylation sites is 2. The average Bonchev–Trinajstić information content (AvgIpc) is 3.11. The van der Waals surface area contributed by atoms with Gasteiger partial charge in [-0.2, -0.15) is 0 Å². The third kappa shape index (κ3) is 3.51. The second-order valence-corrected chi connectivity index (χ2v) is 6.91. The van der Waals surface area contributed by atoms with Crippen LogP contribution in [0.5, 0.6) is 17.2 Å². The normalized spacial score (nSPS) is 10.9. The molecule has 0 radical (unpaired) electrons. The Kier molecular flexibility index (Phi) is 5.12. The third-order valence-electron chi connectivity index (χ3n) is 5.00. The van der Waals surface area contributed by atoms with Gasteiger partial charge < -0.3 is 18.8 Å². The van der Waals surface area contributed by atoms with Crippen molar-refractivity contribution in [3.63, 3.8) is 0 Å². The molecule has 4 rings (SSSR count). The Morgan fingerprint density at radius 1 is 0.828 bits per heavy atom.